The molecule has 1 saturated carbocycles. The van der Waals surface area contributed by atoms with Crippen molar-refractivity contribution in [3.05, 3.63) is 42.0 Å². The highest BCUT2D eigenvalue weighted by Gasteiger charge is 2.38. The van der Waals surface area contributed by atoms with Crippen LogP contribution in [0.2, 0.25) is 0 Å². The van der Waals surface area contributed by atoms with Crippen molar-refractivity contribution < 1.29 is 14.7 Å². The SMILES string of the molecule is CCNC(=O)C1CC(NC(=O)c2ccc3ccccc3c2O)CN1CC1CCCCC1. The molecule has 1 aliphatic carbocycles. The molecule has 6 heteroatoms. The molecule has 0 spiro atoms. The Balaban J connectivity index is 1.46. The lowest BCUT2D eigenvalue weighted by molar-refractivity contribution is -0.125. The lowest BCUT2D eigenvalue weighted by Gasteiger charge is -2.30. The second-order valence-corrected chi connectivity index (χ2v) is 8.96. The zero-order valence-corrected chi connectivity index (χ0v) is 18.3. The van der Waals surface area contributed by atoms with Crippen LogP contribution in [0.25, 0.3) is 10.8 Å². The van der Waals surface area contributed by atoms with Crippen molar-refractivity contribution in [2.75, 3.05) is 19.6 Å². The van der Waals surface area contributed by atoms with Gasteiger partial charge < -0.3 is 15.7 Å². The Kier molecular flexibility index (Phi) is 6.76. The molecule has 1 saturated heterocycles. The summed E-state index contributed by atoms with van der Waals surface area (Å²) in [6.07, 6.45) is 6.89. The molecule has 4 rings (SSSR count). The van der Waals surface area contributed by atoms with E-state index >= 15 is 0 Å². The van der Waals surface area contributed by atoms with Gasteiger partial charge in [0.2, 0.25) is 5.91 Å². The van der Waals surface area contributed by atoms with Crippen LogP contribution in [-0.4, -0.2) is 53.5 Å². The first-order chi connectivity index (χ1) is 15.1. The van der Waals surface area contributed by atoms with E-state index in [0.717, 1.165) is 11.9 Å². The Bertz CT molecular complexity index is 939. The number of hydrogen-bond acceptors (Lipinski definition) is 4. The quantitative estimate of drug-likeness (QED) is 0.665. The minimum atomic E-state index is -0.289. The highest BCUT2D eigenvalue weighted by atomic mass is 16.3. The van der Waals surface area contributed by atoms with Crippen LogP contribution < -0.4 is 10.6 Å². The normalized spacial score (nSPS) is 22.5. The minimum absolute atomic E-state index is 0.00735. The van der Waals surface area contributed by atoms with Crippen molar-refractivity contribution in [2.24, 2.45) is 5.92 Å². The predicted molar refractivity (Wildman–Crippen MR) is 122 cm³/mol. The lowest BCUT2D eigenvalue weighted by Crippen LogP contribution is -2.45. The summed E-state index contributed by atoms with van der Waals surface area (Å²) in [4.78, 5) is 27.9. The Labute approximate surface area is 184 Å². The number of carbonyl (C=O) groups excluding carboxylic acids is 2. The molecular weight excluding hydrogens is 390 g/mol. The standard InChI is InChI=1S/C25H33N3O3/c1-2-26-25(31)22-14-19(16-28(22)15-17-8-4-3-5-9-17)27-24(30)21-13-12-18-10-6-7-11-20(18)23(21)29/h6-7,10-13,17,19,22,29H,2-5,8-9,14-16H2,1H3,(H,26,31)(H,27,30). The number of amides is 2. The molecule has 6 nitrogen and oxygen atoms in total. The van der Waals surface area contributed by atoms with E-state index in [0.29, 0.717) is 30.8 Å². The van der Waals surface area contributed by atoms with Crippen molar-refractivity contribution >= 4 is 22.6 Å². The number of likely N-dealkylation sites (tertiary alicyclic amines) is 1. The van der Waals surface area contributed by atoms with Crippen LogP contribution in [0.3, 0.4) is 0 Å². The van der Waals surface area contributed by atoms with Gasteiger partial charge >= 0.3 is 0 Å². The van der Waals surface area contributed by atoms with Gasteiger partial charge in [0.15, 0.2) is 0 Å². The van der Waals surface area contributed by atoms with Gasteiger partial charge in [-0.15, -0.1) is 0 Å². The van der Waals surface area contributed by atoms with Crippen LogP contribution in [0.1, 0.15) is 55.8 Å². The van der Waals surface area contributed by atoms with Gasteiger partial charge in [-0.05, 0) is 43.6 Å². The monoisotopic (exact) mass is 423 g/mol. The van der Waals surface area contributed by atoms with Crippen LogP contribution in [0.4, 0.5) is 0 Å². The number of fused-ring (bicyclic) bond motifs is 1. The van der Waals surface area contributed by atoms with Gasteiger partial charge in [-0.1, -0.05) is 49.6 Å². The van der Waals surface area contributed by atoms with Crippen molar-refractivity contribution in [1.82, 2.24) is 15.5 Å². The number of carbonyl (C=O) groups is 2. The van der Waals surface area contributed by atoms with Crippen molar-refractivity contribution in [3.63, 3.8) is 0 Å². The number of benzene rings is 2. The number of phenolic OH excluding ortho intramolecular Hbond substituents is 1. The highest BCUT2D eigenvalue weighted by Crippen LogP contribution is 2.30. The average molecular weight is 424 g/mol. The number of phenols is 1. The lowest BCUT2D eigenvalue weighted by atomic mass is 9.89. The maximum absolute atomic E-state index is 13.0. The van der Waals surface area contributed by atoms with Crippen molar-refractivity contribution in [2.45, 2.75) is 57.5 Å². The van der Waals surface area contributed by atoms with Crippen molar-refractivity contribution in [1.29, 1.82) is 0 Å². The number of nitrogens with one attached hydrogen (secondary N) is 2. The molecule has 2 aromatic carbocycles. The number of rotatable bonds is 6. The number of aromatic hydroxyl groups is 1. The molecule has 1 aliphatic heterocycles. The summed E-state index contributed by atoms with van der Waals surface area (Å²) in [5, 5.41) is 18.2. The second-order valence-electron chi connectivity index (χ2n) is 8.96. The largest absolute Gasteiger partial charge is 0.506 e. The molecule has 2 aliphatic rings. The van der Waals surface area contributed by atoms with Crippen LogP contribution in [0.5, 0.6) is 5.75 Å². The summed E-state index contributed by atoms with van der Waals surface area (Å²) in [5.41, 5.74) is 0.277. The topological polar surface area (TPSA) is 81.7 Å². The third-order valence-corrected chi connectivity index (χ3v) is 6.75. The van der Waals surface area contributed by atoms with Gasteiger partial charge in [0.05, 0.1) is 11.6 Å². The number of likely N-dealkylation sites (N-methyl/N-ethyl adjacent to an activating group) is 1. The first kappa shape index (κ1) is 21.6. The van der Waals surface area contributed by atoms with E-state index in [2.05, 4.69) is 15.5 Å². The van der Waals surface area contributed by atoms with Gasteiger partial charge in [0.25, 0.3) is 5.91 Å². The van der Waals surface area contributed by atoms with Gasteiger partial charge in [-0.2, -0.15) is 0 Å². The zero-order chi connectivity index (χ0) is 21.8. The van der Waals surface area contributed by atoms with Crippen LogP contribution in [0, 0.1) is 5.92 Å². The summed E-state index contributed by atoms with van der Waals surface area (Å²) < 4.78 is 0. The van der Waals surface area contributed by atoms with E-state index in [4.69, 9.17) is 0 Å². The maximum atomic E-state index is 13.0. The van der Waals surface area contributed by atoms with Crippen molar-refractivity contribution in [3.8, 4) is 5.75 Å². The summed E-state index contributed by atoms with van der Waals surface area (Å²) >= 11 is 0. The number of nitrogens with zero attached hydrogens (tertiary/aromatic N) is 1. The third-order valence-electron chi connectivity index (χ3n) is 6.75. The van der Waals surface area contributed by atoms with Crippen LogP contribution >= 0.6 is 0 Å². The molecule has 0 bridgehead atoms. The first-order valence-electron chi connectivity index (χ1n) is 11.6. The fourth-order valence-corrected chi connectivity index (χ4v) is 5.18. The Hall–Kier alpha value is -2.60. The molecule has 0 radical (unpaired) electrons. The molecule has 0 aromatic heterocycles. The van der Waals surface area contributed by atoms with Gasteiger partial charge in [-0.3, -0.25) is 14.5 Å². The predicted octanol–water partition coefficient (Wildman–Crippen LogP) is 3.43. The first-order valence-corrected chi connectivity index (χ1v) is 11.6. The molecule has 2 fully saturated rings. The Morgan fingerprint density at radius 3 is 2.65 bits per heavy atom. The van der Waals surface area contributed by atoms with E-state index in [1.165, 1.54) is 32.1 Å². The smallest absolute Gasteiger partial charge is 0.255 e. The molecule has 3 N–H and O–H groups in total. The van der Waals surface area contributed by atoms with E-state index in [1.807, 2.05) is 37.3 Å². The molecule has 2 amide bonds. The molecule has 2 unspecified atom stereocenters. The van der Waals surface area contributed by atoms with Crippen LogP contribution in [0.15, 0.2) is 36.4 Å². The molecule has 2 aromatic rings. The molecule has 166 valence electrons. The average Bonchev–Trinajstić information content (AvgIpc) is 3.17. The van der Waals surface area contributed by atoms with Gasteiger partial charge in [-0.25, -0.2) is 0 Å². The highest BCUT2D eigenvalue weighted by molar-refractivity contribution is 6.03. The third kappa shape index (κ3) is 4.85. The molecule has 1 heterocycles. The van der Waals surface area contributed by atoms with E-state index in [1.54, 1.807) is 6.07 Å². The molecule has 2 atom stereocenters. The second kappa shape index (κ2) is 9.69. The maximum Gasteiger partial charge on any atom is 0.255 e. The van der Waals surface area contributed by atoms with E-state index < -0.39 is 0 Å². The number of hydrogen-bond donors (Lipinski definition) is 3. The summed E-state index contributed by atoms with van der Waals surface area (Å²) in [5.74, 6) is 0.392. The summed E-state index contributed by atoms with van der Waals surface area (Å²) in [6.45, 7) is 4.11. The van der Waals surface area contributed by atoms with E-state index in [-0.39, 0.29) is 35.2 Å². The molecule has 31 heavy (non-hydrogen) atoms. The summed E-state index contributed by atoms with van der Waals surface area (Å²) in [6, 6.07) is 10.7. The van der Waals surface area contributed by atoms with E-state index in [9.17, 15) is 14.7 Å². The Morgan fingerprint density at radius 2 is 1.87 bits per heavy atom. The van der Waals surface area contributed by atoms with Crippen LogP contribution in [-0.2, 0) is 4.79 Å². The fourth-order valence-electron chi connectivity index (χ4n) is 5.18. The molecular formula is C25H33N3O3. The zero-order valence-electron chi connectivity index (χ0n) is 18.3. The fraction of sp³-hybridized carbons (Fsp3) is 0.520. The van der Waals surface area contributed by atoms with Gasteiger partial charge in [0, 0.05) is 31.1 Å². The Morgan fingerprint density at radius 1 is 1.10 bits per heavy atom. The summed E-state index contributed by atoms with van der Waals surface area (Å²) in [7, 11) is 0. The van der Waals surface area contributed by atoms with Gasteiger partial charge in [0.1, 0.15) is 5.75 Å². The minimum Gasteiger partial charge on any atom is -0.506 e.